The summed E-state index contributed by atoms with van der Waals surface area (Å²) in [6, 6.07) is 23.7. The van der Waals surface area contributed by atoms with Crippen LogP contribution in [0.1, 0.15) is 16.7 Å². The molecule has 0 unspecified atom stereocenters. The van der Waals surface area contributed by atoms with E-state index < -0.39 is 0 Å². The molecule has 0 spiro atoms. The normalized spacial score (nSPS) is 10.8. The van der Waals surface area contributed by atoms with E-state index in [0.717, 1.165) is 33.1 Å². The van der Waals surface area contributed by atoms with Crippen LogP contribution in [0.4, 0.5) is 5.69 Å². The molecular formula is C21H19ClN2O. The van der Waals surface area contributed by atoms with Crippen molar-refractivity contribution >= 4 is 23.5 Å². The topological polar surface area (TPSA) is 33.6 Å². The van der Waals surface area contributed by atoms with Gasteiger partial charge in [-0.05, 0) is 47.9 Å². The molecule has 0 radical (unpaired) electrons. The van der Waals surface area contributed by atoms with Gasteiger partial charge in [0.1, 0.15) is 12.4 Å². The first-order chi connectivity index (χ1) is 12.2. The summed E-state index contributed by atoms with van der Waals surface area (Å²) in [4.78, 5) is 0. The minimum Gasteiger partial charge on any atom is -0.489 e. The van der Waals surface area contributed by atoms with Crippen LogP contribution < -0.4 is 10.2 Å². The van der Waals surface area contributed by atoms with Gasteiger partial charge < -0.3 is 4.74 Å². The van der Waals surface area contributed by atoms with Gasteiger partial charge >= 0.3 is 0 Å². The van der Waals surface area contributed by atoms with Gasteiger partial charge in [-0.25, -0.2) is 0 Å². The number of hydrogen-bond acceptors (Lipinski definition) is 3. The lowest BCUT2D eigenvalue weighted by Crippen LogP contribution is -1.96. The third kappa shape index (κ3) is 5.10. The lowest BCUT2D eigenvalue weighted by molar-refractivity contribution is 0.306. The fraction of sp³-hybridized carbons (Fsp3) is 0.0952. The van der Waals surface area contributed by atoms with Crippen LogP contribution >= 0.6 is 11.6 Å². The van der Waals surface area contributed by atoms with E-state index in [9.17, 15) is 0 Å². The van der Waals surface area contributed by atoms with Gasteiger partial charge in [-0.2, -0.15) is 5.10 Å². The largest absolute Gasteiger partial charge is 0.489 e. The van der Waals surface area contributed by atoms with Crippen molar-refractivity contribution in [3.05, 3.63) is 94.5 Å². The summed E-state index contributed by atoms with van der Waals surface area (Å²) in [7, 11) is 0. The summed E-state index contributed by atoms with van der Waals surface area (Å²) >= 11 is 6.11. The Morgan fingerprint density at radius 1 is 1.00 bits per heavy atom. The zero-order valence-corrected chi connectivity index (χ0v) is 14.7. The molecule has 0 heterocycles. The molecule has 0 fully saturated rings. The summed E-state index contributed by atoms with van der Waals surface area (Å²) in [5.41, 5.74) is 6.97. The number of benzene rings is 3. The maximum atomic E-state index is 6.11. The molecule has 3 nitrogen and oxygen atoms in total. The summed E-state index contributed by atoms with van der Waals surface area (Å²) in [6.07, 6.45) is 1.75. The lowest BCUT2D eigenvalue weighted by Gasteiger charge is -2.07. The quantitative estimate of drug-likeness (QED) is 0.458. The molecule has 0 aromatic heterocycles. The van der Waals surface area contributed by atoms with Gasteiger partial charge in [-0.3, -0.25) is 5.43 Å². The molecule has 25 heavy (non-hydrogen) atoms. The summed E-state index contributed by atoms with van der Waals surface area (Å²) in [5.74, 6) is 0.811. The van der Waals surface area contributed by atoms with Gasteiger partial charge in [-0.1, -0.05) is 60.1 Å². The van der Waals surface area contributed by atoms with Crippen LogP contribution in [0.3, 0.4) is 0 Å². The Morgan fingerprint density at radius 3 is 2.64 bits per heavy atom. The monoisotopic (exact) mass is 350 g/mol. The first kappa shape index (κ1) is 17.1. The smallest absolute Gasteiger partial charge is 0.120 e. The van der Waals surface area contributed by atoms with E-state index in [4.69, 9.17) is 16.3 Å². The summed E-state index contributed by atoms with van der Waals surface area (Å²) in [5, 5.41) is 4.97. The van der Waals surface area contributed by atoms with E-state index in [-0.39, 0.29) is 0 Å². The van der Waals surface area contributed by atoms with Crippen molar-refractivity contribution in [3.8, 4) is 5.75 Å². The van der Waals surface area contributed by atoms with E-state index in [0.29, 0.717) is 6.61 Å². The second kappa shape index (κ2) is 8.36. The van der Waals surface area contributed by atoms with Crippen LogP contribution in [-0.4, -0.2) is 6.21 Å². The van der Waals surface area contributed by atoms with Crippen molar-refractivity contribution < 1.29 is 4.74 Å². The molecule has 3 aromatic carbocycles. The summed E-state index contributed by atoms with van der Waals surface area (Å²) in [6.45, 7) is 2.51. The highest BCUT2D eigenvalue weighted by molar-refractivity contribution is 6.31. The predicted octanol–water partition coefficient (Wildman–Crippen LogP) is 5.67. The second-order valence-corrected chi connectivity index (χ2v) is 6.09. The van der Waals surface area contributed by atoms with Crippen molar-refractivity contribution in [2.45, 2.75) is 13.5 Å². The molecule has 0 atom stereocenters. The Labute approximate surface area is 152 Å². The fourth-order valence-corrected chi connectivity index (χ4v) is 2.45. The van der Waals surface area contributed by atoms with Crippen LogP contribution in [0, 0.1) is 6.92 Å². The number of hydrazone groups is 1. The average molecular weight is 351 g/mol. The van der Waals surface area contributed by atoms with Crippen LogP contribution in [0.25, 0.3) is 0 Å². The third-order valence-electron chi connectivity index (χ3n) is 3.69. The number of ether oxygens (including phenoxy) is 1. The first-order valence-corrected chi connectivity index (χ1v) is 8.40. The van der Waals surface area contributed by atoms with Gasteiger partial charge in [0.2, 0.25) is 0 Å². The van der Waals surface area contributed by atoms with Gasteiger partial charge in [0.05, 0.1) is 11.9 Å². The molecule has 4 heteroatoms. The molecule has 1 N–H and O–H groups in total. The second-order valence-electron chi connectivity index (χ2n) is 5.68. The van der Waals surface area contributed by atoms with E-state index in [1.54, 1.807) is 6.21 Å². The third-order valence-corrected chi connectivity index (χ3v) is 4.09. The molecule has 126 valence electrons. The van der Waals surface area contributed by atoms with Crippen molar-refractivity contribution in [3.63, 3.8) is 0 Å². The molecule has 0 saturated heterocycles. The van der Waals surface area contributed by atoms with Crippen LogP contribution in [0.5, 0.6) is 5.75 Å². The number of hydrogen-bond donors (Lipinski definition) is 1. The average Bonchev–Trinajstić information content (AvgIpc) is 2.64. The van der Waals surface area contributed by atoms with E-state index in [2.05, 4.69) is 10.5 Å². The minimum atomic E-state index is 0.543. The molecule has 0 amide bonds. The molecule has 0 aliphatic carbocycles. The number of nitrogens with one attached hydrogen (secondary N) is 1. The fourth-order valence-electron chi connectivity index (χ4n) is 2.27. The van der Waals surface area contributed by atoms with Crippen molar-refractivity contribution in [1.82, 2.24) is 0 Å². The Balaban J connectivity index is 1.60. The maximum Gasteiger partial charge on any atom is 0.120 e. The highest BCUT2D eigenvalue weighted by atomic mass is 35.5. The van der Waals surface area contributed by atoms with Crippen molar-refractivity contribution in [2.75, 3.05) is 5.43 Å². The molecular weight excluding hydrogens is 332 g/mol. The Bertz CT molecular complexity index is 863. The molecule has 3 aromatic rings. The predicted molar refractivity (Wildman–Crippen MR) is 105 cm³/mol. The minimum absolute atomic E-state index is 0.543. The molecule has 0 bridgehead atoms. The SMILES string of the molecule is Cc1ccc(N/N=C\c2cccc(OCc3ccccc3)c2)cc1Cl. The number of nitrogens with zero attached hydrogens (tertiary/aromatic N) is 1. The van der Waals surface area contributed by atoms with Crippen LogP contribution in [0.2, 0.25) is 5.02 Å². The van der Waals surface area contributed by atoms with Crippen molar-refractivity contribution in [1.29, 1.82) is 0 Å². The van der Waals surface area contributed by atoms with E-state index in [1.165, 1.54) is 0 Å². The molecule has 3 rings (SSSR count). The van der Waals surface area contributed by atoms with Gasteiger partial charge in [0, 0.05) is 5.02 Å². The van der Waals surface area contributed by atoms with Crippen LogP contribution in [-0.2, 0) is 6.61 Å². The Hall–Kier alpha value is -2.78. The first-order valence-electron chi connectivity index (χ1n) is 8.03. The number of rotatable bonds is 6. The zero-order valence-electron chi connectivity index (χ0n) is 13.9. The summed E-state index contributed by atoms with van der Waals surface area (Å²) < 4.78 is 5.83. The van der Waals surface area contributed by atoms with Gasteiger partial charge in [-0.15, -0.1) is 0 Å². The zero-order chi connectivity index (χ0) is 17.5. The molecule has 0 aliphatic heterocycles. The standard InChI is InChI=1S/C21H19ClN2O/c1-16-10-11-19(13-21(16)22)24-23-14-18-8-5-9-20(12-18)25-15-17-6-3-2-4-7-17/h2-14,24H,15H2,1H3/b23-14-. The van der Waals surface area contributed by atoms with Gasteiger partial charge in [0.15, 0.2) is 0 Å². The molecule has 0 saturated carbocycles. The van der Waals surface area contributed by atoms with Crippen LogP contribution in [0.15, 0.2) is 77.9 Å². The van der Waals surface area contributed by atoms with E-state index >= 15 is 0 Å². The lowest BCUT2D eigenvalue weighted by atomic mass is 10.2. The Morgan fingerprint density at radius 2 is 1.84 bits per heavy atom. The highest BCUT2D eigenvalue weighted by Crippen LogP contribution is 2.20. The molecule has 0 aliphatic rings. The van der Waals surface area contributed by atoms with Crippen molar-refractivity contribution in [2.24, 2.45) is 5.10 Å². The maximum absolute atomic E-state index is 6.11. The Kier molecular flexibility index (Phi) is 5.70. The highest BCUT2D eigenvalue weighted by Gasteiger charge is 1.98. The van der Waals surface area contributed by atoms with E-state index in [1.807, 2.05) is 79.7 Å². The number of halogens is 1. The number of anilines is 1. The number of aryl methyl sites for hydroxylation is 1. The van der Waals surface area contributed by atoms with Gasteiger partial charge in [0.25, 0.3) is 0 Å².